The maximum atomic E-state index is 12.2. The zero-order valence-corrected chi connectivity index (χ0v) is 14.8. The van der Waals surface area contributed by atoms with Crippen molar-refractivity contribution in [3.8, 4) is 0 Å². The fraction of sp³-hybridized carbons (Fsp3) is 0.150. The van der Waals surface area contributed by atoms with Crippen molar-refractivity contribution in [2.75, 3.05) is 12.4 Å². The summed E-state index contributed by atoms with van der Waals surface area (Å²) in [4.78, 5) is 24.1. The monoisotopic (exact) mass is 367 g/mol. The Labute approximate surface area is 157 Å². The quantitative estimate of drug-likeness (QED) is 0.303. The van der Waals surface area contributed by atoms with E-state index in [0.717, 1.165) is 5.56 Å². The van der Waals surface area contributed by atoms with E-state index in [4.69, 9.17) is 9.94 Å². The maximum absolute atomic E-state index is 12.2. The lowest BCUT2D eigenvalue weighted by Gasteiger charge is -2.15. The van der Waals surface area contributed by atoms with E-state index in [2.05, 4.69) is 15.8 Å². The van der Waals surface area contributed by atoms with Crippen molar-refractivity contribution in [3.63, 3.8) is 0 Å². The number of anilines is 1. The van der Waals surface area contributed by atoms with Gasteiger partial charge in [0.05, 0.1) is 13.3 Å². The molecule has 0 fully saturated rings. The molecule has 2 rings (SSSR count). The molecular weight excluding hydrogens is 346 g/mol. The average Bonchev–Trinajstić information content (AvgIpc) is 2.69. The molecule has 7 nitrogen and oxygen atoms in total. The second-order valence-corrected chi connectivity index (χ2v) is 5.59. The number of carbonyl (C=O) groups excluding carboxylic acids is 2. The van der Waals surface area contributed by atoms with E-state index < -0.39 is 18.0 Å². The first-order valence-corrected chi connectivity index (χ1v) is 8.27. The summed E-state index contributed by atoms with van der Waals surface area (Å²) in [5, 5.41) is 16.7. The number of carbonyl (C=O) groups is 2. The maximum Gasteiger partial charge on any atom is 0.328 e. The van der Waals surface area contributed by atoms with Crippen LogP contribution in [0.1, 0.15) is 17.5 Å². The molecular formula is C20H21N3O4. The molecule has 0 saturated heterocycles. The van der Waals surface area contributed by atoms with Crippen molar-refractivity contribution in [1.29, 1.82) is 0 Å². The molecule has 27 heavy (non-hydrogen) atoms. The molecule has 0 aliphatic heterocycles. The normalized spacial score (nSPS) is 12.0. The number of methoxy groups -OCH3 is 1. The lowest BCUT2D eigenvalue weighted by molar-refractivity contribution is -0.142. The van der Waals surface area contributed by atoms with E-state index in [-0.39, 0.29) is 0 Å². The van der Waals surface area contributed by atoms with Gasteiger partial charge >= 0.3 is 12.0 Å². The number of nitrogens with one attached hydrogen (secondary N) is 2. The van der Waals surface area contributed by atoms with Crippen LogP contribution >= 0.6 is 0 Å². The Hall–Kier alpha value is -3.61. The molecule has 2 aromatic rings. The molecule has 140 valence electrons. The third-order valence-corrected chi connectivity index (χ3v) is 3.65. The van der Waals surface area contributed by atoms with E-state index in [9.17, 15) is 9.59 Å². The molecule has 0 bridgehead atoms. The third-order valence-electron chi connectivity index (χ3n) is 3.65. The summed E-state index contributed by atoms with van der Waals surface area (Å²) in [6, 6.07) is 15.0. The fourth-order valence-corrected chi connectivity index (χ4v) is 2.31. The number of esters is 1. The van der Waals surface area contributed by atoms with Gasteiger partial charge in [0.25, 0.3) is 0 Å². The zero-order valence-electron chi connectivity index (χ0n) is 14.8. The number of urea groups is 1. The molecule has 0 radical (unpaired) electrons. The highest BCUT2D eigenvalue weighted by molar-refractivity contribution is 5.93. The highest BCUT2D eigenvalue weighted by Gasteiger charge is 2.20. The van der Waals surface area contributed by atoms with Crippen molar-refractivity contribution < 1.29 is 19.5 Å². The van der Waals surface area contributed by atoms with Gasteiger partial charge in [-0.25, -0.2) is 9.59 Å². The van der Waals surface area contributed by atoms with Gasteiger partial charge in [0.2, 0.25) is 0 Å². The zero-order chi connectivity index (χ0) is 19.5. The molecule has 0 saturated carbocycles. The Morgan fingerprint density at radius 2 is 1.81 bits per heavy atom. The number of benzene rings is 2. The smallest absolute Gasteiger partial charge is 0.328 e. The number of nitrogens with zero attached hydrogens (tertiary/aromatic N) is 1. The summed E-state index contributed by atoms with van der Waals surface area (Å²) in [5.74, 6) is -0.530. The van der Waals surface area contributed by atoms with Crippen LogP contribution in [0.25, 0.3) is 6.08 Å². The molecule has 0 aliphatic rings. The number of oxime groups is 1. The molecule has 3 N–H and O–H groups in total. The molecule has 0 aliphatic carbocycles. The van der Waals surface area contributed by atoms with Gasteiger partial charge in [0.1, 0.15) is 6.04 Å². The van der Waals surface area contributed by atoms with Gasteiger partial charge in [-0.3, -0.25) is 0 Å². The van der Waals surface area contributed by atoms with Crippen LogP contribution in [0.5, 0.6) is 0 Å². The number of hydrogen-bond acceptors (Lipinski definition) is 5. The minimum Gasteiger partial charge on any atom is -0.467 e. The molecule has 7 heteroatoms. The lowest BCUT2D eigenvalue weighted by atomic mass is 10.1. The molecule has 0 spiro atoms. The summed E-state index contributed by atoms with van der Waals surface area (Å²) in [7, 11) is 1.28. The van der Waals surface area contributed by atoms with Gasteiger partial charge in [-0.1, -0.05) is 59.8 Å². The number of rotatable bonds is 7. The lowest BCUT2D eigenvalue weighted by Crippen LogP contribution is -2.43. The summed E-state index contributed by atoms with van der Waals surface area (Å²) < 4.78 is 4.76. The van der Waals surface area contributed by atoms with Gasteiger partial charge in [-0.2, -0.15) is 0 Å². The predicted molar refractivity (Wildman–Crippen MR) is 104 cm³/mol. The fourth-order valence-electron chi connectivity index (χ4n) is 2.31. The van der Waals surface area contributed by atoms with E-state index in [0.29, 0.717) is 17.7 Å². The van der Waals surface area contributed by atoms with Gasteiger partial charge < -0.3 is 20.6 Å². The highest BCUT2D eigenvalue weighted by atomic mass is 16.5. The Morgan fingerprint density at radius 1 is 1.11 bits per heavy atom. The van der Waals surface area contributed by atoms with Crippen LogP contribution < -0.4 is 10.6 Å². The van der Waals surface area contributed by atoms with Gasteiger partial charge in [-0.15, -0.1) is 0 Å². The van der Waals surface area contributed by atoms with Crippen molar-refractivity contribution in [1.82, 2.24) is 5.32 Å². The standard InChI is InChI=1S/C20H21N3O4/c1-27-19(24)18(9-5-8-15-6-3-2-4-7-15)23-20(25)22-17-12-10-16(11-13-17)14-21-26/h2-8,10-14,18,26H,9H2,1H3,(H2,22,23,25)/b8-5+,21-14+. The SMILES string of the molecule is COC(=O)C(C/C=C/c1ccccc1)NC(=O)Nc1ccc(/C=N/O)cc1. The Morgan fingerprint density at radius 3 is 2.44 bits per heavy atom. The average molecular weight is 367 g/mol. The Bertz CT molecular complexity index is 802. The summed E-state index contributed by atoms with van der Waals surface area (Å²) >= 11 is 0. The minimum atomic E-state index is -0.809. The molecule has 2 amide bonds. The van der Waals surface area contributed by atoms with Gasteiger partial charge in [0, 0.05) is 5.69 Å². The van der Waals surface area contributed by atoms with Crippen LogP contribution in [0.2, 0.25) is 0 Å². The molecule has 2 aromatic carbocycles. The second kappa shape index (κ2) is 10.4. The van der Waals surface area contributed by atoms with Gasteiger partial charge in [-0.05, 0) is 29.7 Å². The van der Waals surface area contributed by atoms with Crippen LogP contribution in [0.4, 0.5) is 10.5 Å². The topological polar surface area (TPSA) is 100 Å². The minimum absolute atomic E-state index is 0.293. The van der Waals surface area contributed by atoms with E-state index in [1.807, 2.05) is 36.4 Å². The Balaban J connectivity index is 1.95. The first kappa shape index (κ1) is 19.7. The van der Waals surface area contributed by atoms with Crippen LogP contribution in [0.15, 0.2) is 65.8 Å². The van der Waals surface area contributed by atoms with E-state index >= 15 is 0 Å². The van der Waals surface area contributed by atoms with Crippen molar-refractivity contribution >= 4 is 30.0 Å². The van der Waals surface area contributed by atoms with Crippen LogP contribution in [-0.4, -0.2) is 36.6 Å². The first-order chi connectivity index (χ1) is 13.1. The van der Waals surface area contributed by atoms with Crippen molar-refractivity contribution in [2.45, 2.75) is 12.5 Å². The third kappa shape index (κ3) is 6.66. The van der Waals surface area contributed by atoms with Crippen LogP contribution in [0.3, 0.4) is 0 Å². The van der Waals surface area contributed by atoms with Crippen LogP contribution in [0, 0.1) is 0 Å². The van der Waals surface area contributed by atoms with Gasteiger partial charge in [0.15, 0.2) is 0 Å². The van der Waals surface area contributed by atoms with Crippen molar-refractivity contribution in [3.05, 3.63) is 71.8 Å². The molecule has 0 aromatic heterocycles. The number of amides is 2. The second-order valence-electron chi connectivity index (χ2n) is 5.59. The number of ether oxygens (including phenoxy) is 1. The first-order valence-electron chi connectivity index (χ1n) is 8.27. The van der Waals surface area contributed by atoms with E-state index in [1.54, 1.807) is 30.3 Å². The number of hydrogen-bond donors (Lipinski definition) is 3. The summed E-state index contributed by atoms with van der Waals surface area (Å²) in [6.07, 6.45) is 5.24. The predicted octanol–water partition coefficient (Wildman–Crippen LogP) is 3.26. The van der Waals surface area contributed by atoms with E-state index in [1.165, 1.54) is 13.3 Å². The molecule has 1 unspecified atom stereocenters. The summed E-state index contributed by atoms with van der Waals surface area (Å²) in [5.41, 5.74) is 2.21. The molecule has 1 atom stereocenters. The largest absolute Gasteiger partial charge is 0.467 e. The van der Waals surface area contributed by atoms with Crippen molar-refractivity contribution in [2.24, 2.45) is 5.16 Å². The highest BCUT2D eigenvalue weighted by Crippen LogP contribution is 2.09. The Kier molecular flexibility index (Phi) is 7.59. The summed E-state index contributed by atoms with van der Waals surface area (Å²) in [6.45, 7) is 0. The molecule has 0 heterocycles. The van der Waals surface area contributed by atoms with Crippen LogP contribution in [-0.2, 0) is 9.53 Å².